The number of alkyl halides is 1. The van der Waals surface area contributed by atoms with Crippen LogP contribution < -0.4 is 5.32 Å². The van der Waals surface area contributed by atoms with Gasteiger partial charge < -0.3 is 5.32 Å². The highest BCUT2D eigenvalue weighted by atomic mass is 79.9. The highest BCUT2D eigenvalue weighted by Crippen LogP contribution is 2.32. The molecule has 1 aliphatic rings. The molecule has 1 heterocycles. The molecule has 108 valence electrons. The number of piperazine rings is 1. The largest absolute Gasteiger partial charge is 0.314 e. The van der Waals surface area contributed by atoms with E-state index in [4.69, 9.17) is 11.6 Å². The maximum absolute atomic E-state index is 12.8. The quantitative estimate of drug-likeness (QED) is 0.865. The Balaban J connectivity index is 0.00000180. The summed E-state index contributed by atoms with van der Waals surface area (Å²) >= 11 is 9.72. The van der Waals surface area contributed by atoms with Crippen LogP contribution in [0, 0.1) is 0 Å². The summed E-state index contributed by atoms with van der Waals surface area (Å²) in [5, 5.41) is 4.03. The van der Waals surface area contributed by atoms with Gasteiger partial charge in [-0.1, -0.05) is 27.5 Å². The number of benzene rings is 1. The van der Waals surface area contributed by atoms with Gasteiger partial charge >= 0.3 is 0 Å². The first-order valence-electron chi connectivity index (χ1n) is 6.18. The average molecular weight is 372 g/mol. The Kier molecular flexibility index (Phi) is 7.62. The average Bonchev–Trinajstić information content (AvgIpc) is 2.40. The summed E-state index contributed by atoms with van der Waals surface area (Å²) in [6, 6.07) is 5.86. The predicted octanol–water partition coefficient (Wildman–Crippen LogP) is 3.83. The fourth-order valence-electron chi connectivity index (χ4n) is 2.40. The maximum atomic E-state index is 12.8. The number of hydrogen-bond acceptors (Lipinski definition) is 2. The van der Waals surface area contributed by atoms with E-state index in [1.807, 2.05) is 18.2 Å². The van der Waals surface area contributed by atoms with Crippen LogP contribution in [-0.4, -0.2) is 37.8 Å². The molecular weight excluding hydrogens is 354 g/mol. The van der Waals surface area contributed by atoms with Crippen LogP contribution in [0.5, 0.6) is 0 Å². The molecule has 0 amide bonds. The zero-order valence-electron chi connectivity index (χ0n) is 10.5. The molecule has 1 atom stereocenters. The second-order valence-corrected chi connectivity index (χ2v) is 5.77. The van der Waals surface area contributed by atoms with Gasteiger partial charge in [0.1, 0.15) is 0 Å². The number of nitrogens with zero attached hydrogens (tertiary/aromatic N) is 1. The molecule has 6 heteroatoms. The number of rotatable bonds is 4. The summed E-state index contributed by atoms with van der Waals surface area (Å²) in [6.07, 6.45) is 0.496. The van der Waals surface area contributed by atoms with Crippen molar-refractivity contribution in [3.05, 3.63) is 33.3 Å². The minimum Gasteiger partial charge on any atom is -0.314 e. The van der Waals surface area contributed by atoms with E-state index >= 15 is 0 Å². The van der Waals surface area contributed by atoms with Gasteiger partial charge in [-0.2, -0.15) is 0 Å². The lowest BCUT2D eigenvalue weighted by molar-refractivity contribution is 0.157. The molecule has 1 aliphatic heterocycles. The number of hydrogen-bond donors (Lipinski definition) is 1. The lowest BCUT2D eigenvalue weighted by atomic mass is 10.0. The van der Waals surface area contributed by atoms with Crippen molar-refractivity contribution in [1.82, 2.24) is 10.2 Å². The molecule has 0 unspecified atom stereocenters. The Hall–Kier alpha value is 0.130. The summed E-state index contributed by atoms with van der Waals surface area (Å²) in [5.41, 5.74) is 1.02. The normalized spacial score (nSPS) is 17.8. The van der Waals surface area contributed by atoms with Gasteiger partial charge in [0.2, 0.25) is 0 Å². The van der Waals surface area contributed by atoms with Gasteiger partial charge in [0.15, 0.2) is 0 Å². The van der Waals surface area contributed by atoms with Crippen LogP contribution >= 0.6 is 39.9 Å². The van der Waals surface area contributed by atoms with Crippen molar-refractivity contribution in [2.24, 2.45) is 0 Å². The monoisotopic (exact) mass is 370 g/mol. The third-order valence-electron chi connectivity index (χ3n) is 3.29. The fourth-order valence-corrected chi connectivity index (χ4v) is 3.02. The predicted molar refractivity (Wildman–Crippen MR) is 84.2 cm³/mol. The lowest BCUT2D eigenvalue weighted by Gasteiger charge is -2.35. The van der Waals surface area contributed by atoms with Gasteiger partial charge in [0.05, 0.1) is 6.67 Å². The fraction of sp³-hybridized carbons (Fsp3) is 0.538. The Morgan fingerprint density at radius 3 is 2.68 bits per heavy atom. The van der Waals surface area contributed by atoms with E-state index in [9.17, 15) is 4.39 Å². The highest BCUT2D eigenvalue weighted by molar-refractivity contribution is 9.10. The Labute approximate surface area is 133 Å². The van der Waals surface area contributed by atoms with Gasteiger partial charge in [-0.3, -0.25) is 9.29 Å². The van der Waals surface area contributed by atoms with Gasteiger partial charge in [-0.15, -0.1) is 12.4 Å². The third-order valence-corrected chi connectivity index (χ3v) is 4.13. The number of nitrogens with one attached hydrogen (secondary N) is 1. The Bertz CT molecular complexity index is 400. The second-order valence-electron chi connectivity index (χ2n) is 4.45. The summed E-state index contributed by atoms with van der Waals surface area (Å²) in [6.45, 7) is 3.46. The van der Waals surface area contributed by atoms with E-state index in [0.29, 0.717) is 6.42 Å². The molecule has 1 N–H and O–H groups in total. The first-order valence-corrected chi connectivity index (χ1v) is 7.35. The van der Waals surface area contributed by atoms with Crippen molar-refractivity contribution in [2.45, 2.75) is 12.5 Å². The molecular formula is C13H18BrCl2FN2. The van der Waals surface area contributed by atoms with Crippen LogP contribution in [0.25, 0.3) is 0 Å². The van der Waals surface area contributed by atoms with E-state index in [2.05, 4.69) is 26.1 Å². The van der Waals surface area contributed by atoms with Gasteiger partial charge in [0, 0.05) is 41.7 Å². The Morgan fingerprint density at radius 1 is 1.37 bits per heavy atom. The highest BCUT2D eigenvalue weighted by Gasteiger charge is 2.23. The van der Waals surface area contributed by atoms with E-state index in [1.165, 1.54) is 0 Å². The molecule has 0 spiro atoms. The van der Waals surface area contributed by atoms with E-state index in [-0.39, 0.29) is 25.1 Å². The Morgan fingerprint density at radius 2 is 2.05 bits per heavy atom. The molecule has 2 nitrogen and oxygen atoms in total. The van der Waals surface area contributed by atoms with Crippen molar-refractivity contribution >= 4 is 39.9 Å². The van der Waals surface area contributed by atoms with Gasteiger partial charge in [-0.05, 0) is 30.2 Å². The van der Waals surface area contributed by atoms with E-state index in [0.717, 1.165) is 41.2 Å². The summed E-state index contributed by atoms with van der Waals surface area (Å²) in [5.74, 6) is 0. The zero-order chi connectivity index (χ0) is 13.0. The smallest absolute Gasteiger partial charge is 0.0912 e. The molecule has 1 aromatic rings. The van der Waals surface area contributed by atoms with Crippen molar-refractivity contribution < 1.29 is 4.39 Å². The van der Waals surface area contributed by atoms with Crippen molar-refractivity contribution in [3.8, 4) is 0 Å². The maximum Gasteiger partial charge on any atom is 0.0912 e. The second kappa shape index (κ2) is 8.42. The van der Waals surface area contributed by atoms with Crippen LogP contribution in [0.4, 0.5) is 4.39 Å². The van der Waals surface area contributed by atoms with Crippen molar-refractivity contribution in [3.63, 3.8) is 0 Å². The molecule has 0 saturated carbocycles. The lowest BCUT2D eigenvalue weighted by Crippen LogP contribution is -2.45. The van der Waals surface area contributed by atoms with Crippen LogP contribution in [0.1, 0.15) is 18.0 Å². The first-order chi connectivity index (χ1) is 8.72. The molecule has 1 fully saturated rings. The molecule has 1 saturated heterocycles. The minimum atomic E-state index is -0.322. The zero-order valence-corrected chi connectivity index (χ0v) is 13.7. The molecule has 0 radical (unpaired) electrons. The van der Waals surface area contributed by atoms with E-state index in [1.54, 1.807) is 0 Å². The van der Waals surface area contributed by atoms with Gasteiger partial charge in [0.25, 0.3) is 0 Å². The first kappa shape index (κ1) is 17.2. The standard InChI is InChI=1S/C13H17BrClFN2.ClH/c14-10-1-2-12(15)11(9-10)13(3-4-16)18-7-5-17-6-8-18;/h1-2,9,13,17H,3-8H2;1H/t13-;/m0./s1. The molecule has 2 rings (SSSR count). The van der Waals surface area contributed by atoms with Crippen molar-refractivity contribution in [1.29, 1.82) is 0 Å². The number of halogens is 4. The minimum absolute atomic E-state index is 0. The summed E-state index contributed by atoms with van der Waals surface area (Å²) in [7, 11) is 0. The van der Waals surface area contributed by atoms with Crippen molar-refractivity contribution in [2.75, 3.05) is 32.9 Å². The van der Waals surface area contributed by atoms with Gasteiger partial charge in [-0.25, -0.2) is 0 Å². The summed E-state index contributed by atoms with van der Waals surface area (Å²) in [4.78, 5) is 2.31. The molecule has 19 heavy (non-hydrogen) atoms. The molecule has 0 aliphatic carbocycles. The third kappa shape index (κ3) is 4.57. The topological polar surface area (TPSA) is 15.3 Å². The summed E-state index contributed by atoms with van der Waals surface area (Å²) < 4.78 is 13.8. The molecule has 0 bridgehead atoms. The van der Waals surface area contributed by atoms with Crippen LogP contribution in [-0.2, 0) is 0 Å². The molecule has 0 aromatic heterocycles. The van der Waals surface area contributed by atoms with E-state index < -0.39 is 0 Å². The SMILES string of the molecule is Cl.FCC[C@@H](c1cc(Br)ccc1Cl)N1CCNCC1. The van der Waals surface area contributed by atoms with Crippen LogP contribution in [0.2, 0.25) is 5.02 Å². The van der Waals surface area contributed by atoms with Crippen LogP contribution in [0.15, 0.2) is 22.7 Å². The van der Waals surface area contributed by atoms with Crippen LogP contribution in [0.3, 0.4) is 0 Å². The molecule has 1 aromatic carbocycles.